The minimum absolute atomic E-state index is 0.0646. The Morgan fingerprint density at radius 1 is 0.779 bits per heavy atom. The number of hydroxylamine groups is 2. The number of benzene rings is 4. The summed E-state index contributed by atoms with van der Waals surface area (Å²) < 4.78 is 91.2. The fourth-order valence-corrected chi connectivity index (χ4v) is 10.9. The Kier molecular flexibility index (Phi) is 9.43. The predicted octanol–water partition coefficient (Wildman–Crippen LogP) is 8.22. The molecule has 1 atom stereocenters. The first-order valence-corrected chi connectivity index (χ1v) is 22.9. The number of halogens is 3. The first-order valence-electron chi connectivity index (χ1n) is 21.3. The summed E-state index contributed by atoms with van der Waals surface area (Å²) >= 11 is 0. The van der Waals surface area contributed by atoms with E-state index in [1.54, 1.807) is 25.3 Å². The molecule has 68 heavy (non-hydrogen) atoms. The van der Waals surface area contributed by atoms with Crippen LogP contribution in [0, 0.1) is 0 Å². The SMILES string of the molecule is CC1=CC(C)(C)N(C)c2cc3c(cc21)C1(c2cc4c(cc2O3)N(C)C(C)(C)C=C4CS(=O)(=O)O)c2ccc(C(=O)ON3C(=O)CCC3=O)cc2C(=O)N1c1ccc2c(C(F)(F)F)cc(=O)oc2c1. The summed E-state index contributed by atoms with van der Waals surface area (Å²) in [6.07, 6.45) is -1.55. The van der Waals surface area contributed by atoms with E-state index in [1.165, 1.54) is 29.2 Å². The lowest BCUT2D eigenvalue weighted by molar-refractivity contribution is -0.172. The van der Waals surface area contributed by atoms with Gasteiger partial charge in [0, 0.05) is 107 Å². The van der Waals surface area contributed by atoms with Crippen molar-refractivity contribution in [2.45, 2.75) is 70.3 Å². The van der Waals surface area contributed by atoms with E-state index >= 15 is 4.79 Å². The highest BCUT2D eigenvalue weighted by molar-refractivity contribution is 7.86. The first kappa shape index (κ1) is 44.6. The third-order valence-electron chi connectivity index (χ3n) is 13.7. The number of amides is 3. The Bertz CT molecular complexity index is 3410. The highest BCUT2D eigenvalue weighted by Gasteiger charge is 2.58. The molecule has 0 aliphatic carbocycles. The molecule has 6 heterocycles. The van der Waals surface area contributed by atoms with Gasteiger partial charge in [0.1, 0.15) is 28.4 Å². The average Bonchev–Trinajstić information content (AvgIpc) is 3.70. The van der Waals surface area contributed by atoms with Crippen LogP contribution in [-0.2, 0) is 36.3 Å². The van der Waals surface area contributed by atoms with Crippen LogP contribution < -0.4 is 25.1 Å². The maximum absolute atomic E-state index is 15.7. The number of hydrogen-bond donors (Lipinski definition) is 1. The lowest BCUT2D eigenvalue weighted by atomic mass is 9.72. The number of likely N-dealkylation sites (N-methyl/N-ethyl adjacent to an activating group) is 2. The van der Waals surface area contributed by atoms with E-state index in [-0.39, 0.29) is 57.9 Å². The quantitative estimate of drug-likeness (QED) is 0.101. The van der Waals surface area contributed by atoms with Crippen molar-refractivity contribution in [2.24, 2.45) is 0 Å². The van der Waals surface area contributed by atoms with Crippen LogP contribution in [0.15, 0.2) is 88.1 Å². The molecule has 19 heteroatoms. The van der Waals surface area contributed by atoms with E-state index in [4.69, 9.17) is 14.0 Å². The Morgan fingerprint density at radius 2 is 1.38 bits per heavy atom. The average molecular weight is 951 g/mol. The number of anilines is 3. The molecule has 5 aliphatic rings. The topological polar surface area (TPSA) is 184 Å². The Labute approximate surface area is 386 Å². The number of fused-ring (bicyclic) bond motifs is 9. The molecule has 0 saturated carbocycles. The molecular weight excluding hydrogens is 910 g/mol. The molecule has 1 spiro atoms. The first-order chi connectivity index (χ1) is 31.7. The summed E-state index contributed by atoms with van der Waals surface area (Å²) in [4.78, 5) is 77.6. The fourth-order valence-electron chi connectivity index (χ4n) is 10.2. The number of alkyl halides is 3. The third kappa shape index (κ3) is 6.57. The molecule has 1 N–H and O–H groups in total. The second-order valence-electron chi connectivity index (χ2n) is 18.7. The molecule has 4 aromatic carbocycles. The number of nitrogens with zero attached hydrogens (tertiary/aromatic N) is 4. The highest BCUT2D eigenvalue weighted by Crippen LogP contribution is 2.62. The second-order valence-corrected chi connectivity index (χ2v) is 20.2. The van der Waals surface area contributed by atoms with Crippen LogP contribution in [0.25, 0.3) is 22.1 Å². The van der Waals surface area contributed by atoms with Crippen LogP contribution in [0.3, 0.4) is 0 Å². The lowest BCUT2D eigenvalue weighted by Crippen LogP contribution is -2.48. The van der Waals surface area contributed by atoms with Gasteiger partial charge < -0.3 is 23.8 Å². The van der Waals surface area contributed by atoms with Crippen LogP contribution in [0.1, 0.15) is 102 Å². The number of carbonyl (C=O) groups is 4. The summed E-state index contributed by atoms with van der Waals surface area (Å²) in [7, 11) is -0.928. The molecule has 1 saturated heterocycles. The molecule has 350 valence electrons. The molecule has 3 amide bonds. The third-order valence-corrected chi connectivity index (χ3v) is 14.4. The smallest absolute Gasteiger partial charge is 0.417 e. The minimum Gasteiger partial charge on any atom is -0.456 e. The number of carbonyl (C=O) groups excluding carboxylic acids is 4. The Morgan fingerprint density at radius 3 is 2.00 bits per heavy atom. The van der Waals surface area contributed by atoms with Crippen LogP contribution in [0.5, 0.6) is 11.5 Å². The van der Waals surface area contributed by atoms with Crippen molar-refractivity contribution in [2.75, 3.05) is 34.5 Å². The van der Waals surface area contributed by atoms with E-state index in [1.807, 2.05) is 58.7 Å². The van der Waals surface area contributed by atoms with E-state index < -0.39 is 84.5 Å². The standard InChI is InChI=1S/C49H41F3N4O11S/c1-24-21-46(2,3)53(6)36-19-39-34(16-29(24)36)48(35-17-30-26(23-68(62,63)64)22-47(4,5)54(7)37(30)20-40(35)65-39)32-11-8-25(45(61)67-56-41(57)12-13-42(56)58)14-31(32)44(60)55(48)27-9-10-28-33(49(50,51)52)18-43(59)66-38(28)15-27/h8-11,14-22H,12-13,23H2,1-7H3,(H,62,63,64). The van der Waals surface area contributed by atoms with Gasteiger partial charge in [0.15, 0.2) is 0 Å². The maximum Gasteiger partial charge on any atom is 0.417 e. The molecule has 1 aromatic heterocycles. The summed E-state index contributed by atoms with van der Waals surface area (Å²) in [5.41, 5.74) is -2.46. The number of allylic oxidation sites excluding steroid dienone is 1. The van der Waals surface area contributed by atoms with Gasteiger partial charge in [0.2, 0.25) is 0 Å². The van der Waals surface area contributed by atoms with Crippen molar-refractivity contribution in [3.05, 3.63) is 134 Å². The molecule has 5 aliphatic heterocycles. The lowest BCUT2D eigenvalue weighted by Gasteiger charge is -2.47. The van der Waals surface area contributed by atoms with Gasteiger partial charge >= 0.3 is 17.8 Å². The predicted molar refractivity (Wildman–Crippen MR) is 243 cm³/mol. The van der Waals surface area contributed by atoms with E-state index in [0.717, 1.165) is 29.0 Å². The Hall–Kier alpha value is -7.25. The molecule has 1 unspecified atom stereocenters. The monoisotopic (exact) mass is 950 g/mol. The molecule has 5 aromatic rings. The van der Waals surface area contributed by atoms with E-state index in [2.05, 4.69) is 11.0 Å². The zero-order chi connectivity index (χ0) is 48.9. The van der Waals surface area contributed by atoms with Crippen molar-refractivity contribution < 1.29 is 59.3 Å². The molecule has 15 nitrogen and oxygen atoms in total. The normalized spacial score (nSPS) is 20.1. The van der Waals surface area contributed by atoms with Crippen molar-refractivity contribution >= 4 is 73.0 Å². The van der Waals surface area contributed by atoms with Gasteiger partial charge in [-0.1, -0.05) is 18.2 Å². The highest BCUT2D eigenvalue weighted by atomic mass is 32.2. The van der Waals surface area contributed by atoms with Crippen molar-refractivity contribution in [3.63, 3.8) is 0 Å². The van der Waals surface area contributed by atoms with Gasteiger partial charge in [-0.05, 0) is 82.2 Å². The van der Waals surface area contributed by atoms with Gasteiger partial charge in [0.25, 0.3) is 27.8 Å². The van der Waals surface area contributed by atoms with Gasteiger partial charge in [0.05, 0.1) is 22.2 Å². The van der Waals surface area contributed by atoms with E-state index in [0.29, 0.717) is 27.9 Å². The summed E-state index contributed by atoms with van der Waals surface area (Å²) in [6.45, 7) is 9.70. The van der Waals surface area contributed by atoms with Crippen LogP contribution in [0.4, 0.5) is 30.2 Å². The van der Waals surface area contributed by atoms with Gasteiger partial charge in [-0.2, -0.15) is 21.6 Å². The Balaban J connectivity index is 1.32. The van der Waals surface area contributed by atoms with Crippen molar-refractivity contribution in [3.8, 4) is 11.5 Å². The maximum atomic E-state index is 15.7. The number of ether oxygens (including phenoxy) is 1. The molecule has 10 rings (SSSR count). The van der Waals surface area contributed by atoms with Crippen LogP contribution in [-0.4, -0.2) is 72.7 Å². The zero-order valence-corrected chi connectivity index (χ0v) is 38.3. The minimum atomic E-state index is -4.97. The molecule has 0 bridgehead atoms. The second kappa shape index (κ2) is 14.4. The van der Waals surface area contributed by atoms with E-state index in [9.17, 15) is 45.3 Å². The van der Waals surface area contributed by atoms with Crippen LogP contribution >= 0.6 is 0 Å². The van der Waals surface area contributed by atoms with Gasteiger partial charge in [-0.15, -0.1) is 5.06 Å². The summed E-state index contributed by atoms with van der Waals surface area (Å²) in [5.74, 6) is -3.77. The number of hydrogen-bond acceptors (Lipinski definition) is 12. The van der Waals surface area contributed by atoms with Crippen molar-refractivity contribution in [1.29, 1.82) is 0 Å². The van der Waals surface area contributed by atoms with Crippen LogP contribution in [0.2, 0.25) is 0 Å². The van der Waals surface area contributed by atoms with Gasteiger partial charge in [-0.3, -0.25) is 23.8 Å². The number of rotatable bonds is 5. The number of imide groups is 1. The molecule has 1 fully saturated rings. The summed E-state index contributed by atoms with van der Waals surface area (Å²) in [5, 5.41) is -0.104. The largest absolute Gasteiger partial charge is 0.456 e. The van der Waals surface area contributed by atoms with Gasteiger partial charge in [-0.25, -0.2) is 9.59 Å². The fraction of sp³-hybridized carbons (Fsp3) is 0.286. The zero-order valence-electron chi connectivity index (χ0n) is 37.5. The molecular formula is C49H41F3N4O11S. The molecule has 0 radical (unpaired) electrons. The van der Waals surface area contributed by atoms with Crippen molar-refractivity contribution in [1.82, 2.24) is 5.06 Å². The summed E-state index contributed by atoms with van der Waals surface area (Å²) in [6, 6.07) is 14.9.